The van der Waals surface area contributed by atoms with E-state index in [1.54, 1.807) is 0 Å². The molecule has 1 atom stereocenters. The van der Waals surface area contributed by atoms with Gasteiger partial charge in [-0.15, -0.1) is 0 Å². The molecule has 1 amide bonds. The minimum absolute atomic E-state index is 0.166. The maximum absolute atomic E-state index is 12.5. The van der Waals surface area contributed by atoms with Crippen molar-refractivity contribution in [1.82, 2.24) is 5.32 Å². The van der Waals surface area contributed by atoms with Crippen molar-refractivity contribution in [1.29, 1.82) is 0 Å². The molecule has 0 aliphatic carbocycles. The lowest BCUT2D eigenvalue weighted by atomic mass is 10.0. The van der Waals surface area contributed by atoms with Gasteiger partial charge in [0.25, 0.3) is 5.91 Å². The summed E-state index contributed by atoms with van der Waals surface area (Å²) in [6.07, 6.45) is -0.759. The summed E-state index contributed by atoms with van der Waals surface area (Å²) in [6, 6.07) is 27.3. The minimum Gasteiger partial charge on any atom is -0.387 e. The first-order valence-electron chi connectivity index (χ1n) is 8.65. The summed E-state index contributed by atoms with van der Waals surface area (Å²) >= 11 is 0. The number of aliphatic hydroxyl groups excluding tert-OH is 1. The lowest BCUT2D eigenvalue weighted by Gasteiger charge is -2.15. The second-order valence-corrected chi connectivity index (χ2v) is 6.36. The maximum Gasteiger partial charge on any atom is 0.251 e. The number of hydrogen-bond acceptors (Lipinski definition) is 2. The molecule has 4 rings (SSSR count). The molecule has 0 saturated carbocycles. The van der Waals surface area contributed by atoms with Crippen LogP contribution >= 0.6 is 0 Å². The van der Waals surface area contributed by atoms with Crippen LogP contribution < -0.4 is 5.32 Å². The quantitative estimate of drug-likeness (QED) is 0.576. The van der Waals surface area contributed by atoms with Crippen LogP contribution in [-0.4, -0.2) is 17.6 Å². The molecule has 26 heavy (non-hydrogen) atoms. The van der Waals surface area contributed by atoms with Gasteiger partial charge in [0.05, 0.1) is 6.10 Å². The number of hydrogen-bond donors (Lipinski definition) is 2. The van der Waals surface area contributed by atoms with Crippen LogP contribution in [0.15, 0.2) is 84.9 Å². The van der Waals surface area contributed by atoms with Crippen LogP contribution in [0.3, 0.4) is 0 Å². The van der Waals surface area contributed by atoms with Crippen LogP contribution in [0.2, 0.25) is 0 Å². The van der Waals surface area contributed by atoms with Crippen LogP contribution in [0, 0.1) is 0 Å². The summed E-state index contributed by atoms with van der Waals surface area (Å²) in [6.45, 7) is 0.166. The molecule has 0 heterocycles. The molecular formula is C23H19NO2. The lowest BCUT2D eigenvalue weighted by molar-refractivity contribution is 0.0917. The van der Waals surface area contributed by atoms with Crippen LogP contribution in [0.1, 0.15) is 22.0 Å². The van der Waals surface area contributed by atoms with E-state index < -0.39 is 6.10 Å². The Morgan fingerprint density at radius 2 is 1.50 bits per heavy atom. The topological polar surface area (TPSA) is 49.3 Å². The zero-order valence-corrected chi connectivity index (χ0v) is 14.2. The average molecular weight is 341 g/mol. The Hall–Kier alpha value is -3.17. The molecule has 0 radical (unpaired) electrons. The normalized spacial score (nSPS) is 12.2. The van der Waals surface area contributed by atoms with Crippen molar-refractivity contribution in [2.24, 2.45) is 0 Å². The van der Waals surface area contributed by atoms with Gasteiger partial charge in [-0.2, -0.15) is 0 Å². The second-order valence-electron chi connectivity index (χ2n) is 6.36. The Balaban J connectivity index is 1.51. The summed E-state index contributed by atoms with van der Waals surface area (Å²) in [7, 11) is 0. The van der Waals surface area contributed by atoms with Crippen molar-refractivity contribution in [2.75, 3.05) is 6.54 Å². The third-order valence-corrected chi connectivity index (χ3v) is 4.65. The second kappa shape index (κ2) is 6.98. The van der Waals surface area contributed by atoms with E-state index in [1.165, 1.54) is 0 Å². The van der Waals surface area contributed by atoms with Gasteiger partial charge in [0.2, 0.25) is 0 Å². The molecule has 2 N–H and O–H groups in total. The number of carbonyl (C=O) groups excluding carboxylic acids is 1. The molecule has 0 spiro atoms. The Morgan fingerprint density at radius 3 is 2.35 bits per heavy atom. The van der Waals surface area contributed by atoms with Gasteiger partial charge in [-0.05, 0) is 39.2 Å². The van der Waals surface area contributed by atoms with Crippen molar-refractivity contribution >= 4 is 27.5 Å². The molecule has 0 fully saturated rings. The van der Waals surface area contributed by atoms with Crippen molar-refractivity contribution in [2.45, 2.75) is 6.10 Å². The summed E-state index contributed by atoms with van der Waals surface area (Å²) in [5.41, 5.74) is 1.41. The van der Waals surface area contributed by atoms with E-state index >= 15 is 0 Å². The molecule has 0 aromatic heterocycles. The summed E-state index contributed by atoms with van der Waals surface area (Å²) < 4.78 is 0. The zero-order valence-electron chi connectivity index (χ0n) is 14.2. The smallest absolute Gasteiger partial charge is 0.251 e. The maximum atomic E-state index is 12.5. The van der Waals surface area contributed by atoms with Gasteiger partial charge in [0.1, 0.15) is 0 Å². The molecule has 3 nitrogen and oxygen atoms in total. The monoisotopic (exact) mass is 341 g/mol. The van der Waals surface area contributed by atoms with Crippen molar-refractivity contribution in [3.63, 3.8) is 0 Å². The molecule has 128 valence electrons. The highest BCUT2D eigenvalue weighted by Gasteiger charge is 2.13. The van der Waals surface area contributed by atoms with Crippen molar-refractivity contribution < 1.29 is 9.90 Å². The third-order valence-electron chi connectivity index (χ3n) is 4.65. The Kier molecular flexibility index (Phi) is 4.38. The molecule has 4 aromatic rings. The molecule has 0 aliphatic heterocycles. The minimum atomic E-state index is -0.759. The fourth-order valence-corrected chi connectivity index (χ4v) is 3.27. The number of carbonyl (C=O) groups is 1. The predicted octanol–water partition coefficient (Wildman–Crippen LogP) is 4.46. The summed E-state index contributed by atoms with van der Waals surface area (Å²) in [5.74, 6) is -0.185. The van der Waals surface area contributed by atoms with Crippen LogP contribution in [0.25, 0.3) is 21.5 Å². The number of nitrogens with one attached hydrogen (secondary N) is 1. The number of rotatable bonds is 4. The SMILES string of the molecule is O=C(NCC(O)c1cccc2ccccc12)c1ccc2ccccc2c1. The largest absolute Gasteiger partial charge is 0.387 e. The third kappa shape index (κ3) is 3.17. The van der Waals surface area contributed by atoms with E-state index in [9.17, 15) is 9.90 Å². The van der Waals surface area contributed by atoms with Gasteiger partial charge in [-0.1, -0.05) is 72.8 Å². The van der Waals surface area contributed by atoms with Crippen LogP contribution in [0.4, 0.5) is 0 Å². The van der Waals surface area contributed by atoms with E-state index in [2.05, 4.69) is 5.32 Å². The Morgan fingerprint density at radius 1 is 0.808 bits per heavy atom. The Labute approximate surface area is 151 Å². The van der Waals surface area contributed by atoms with Crippen molar-refractivity contribution in [3.8, 4) is 0 Å². The molecule has 4 aromatic carbocycles. The number of fused-ring (bicyclic) bond motifs is 2. The first-order valence-corrected chi connectivity index (χ1v) is 8.65. The van der Waals surface area contributed by atoms with Gasteiger partial charge in [-0.25, -0.2) is 0 Å². The first-order chi connectivity index (χ1) is 12.7. The average Bonchev–Trinajstić information content (AvgIpc) is 2.71. The van der Waals surface area contributed by atoms with E-state index in [0.717, 1.165) is 27.1 Å². The lowest BCUT2D eigenvalue weighted by Crippen LogP contribution is -2.28. The standard InChI is InChI=1S/C23H19NO2/c25-22(21-11-5-9-17-7-3-4-10-20(17)21)15-24-23(26)19-13-12-16-6-1-2-8-18(16)14-19/h1-14,22,25H,15H2,(H,24,26). The zero-order chi connectivity index (χ0) is 17.9. The summed E-state index contributed by atoms with van der Waals surface area (Å²) in [5, 5.41) is 17.6. The van der Waals surface area contributed by atoms with Crippen LogP contribution in [-0.2, 0) is 0 Å². The van der Waals surface area contributed by atoms with Gasteiger partial charge in [-0.3, -0.25) is 4.79 Å². The van der Waals surface area contributed by atoms with Crippen molar-refractivity contribution in [3.05, 3.63) is 96.1 Å². The molecular weight excluding hydrogens is 322 g/mol. The summed E-state index contributed by atoms with van der Waals surface area (Å²) in [4.78, 5) is 12.5. The van der Waals surface area contributed by atoms with Crippen LogP contribution in [0.5, 0.6) is 0 Å². The van der Waals surface area contributed by atoms with E-state index in [0.29, 0.717) is 5.56 Å². The number of amides is 1. The molecule has 0 aliphatic rings. The molecule has 0 bridgehead atoms. The highest BCUT2D eigenvalue weighted by molar-refractivity contribution is 5.98. The molecule has 1 unspecified atom stereocenters. The fourth-order valence-electron chi connectivity index (χ4n) is 3.27. The highest BCUT2D eigenvalue weighted by Crippen LogP contribution is 2.24. The molecule has 0 saturated heterocycles. The number of benzene rings is 4. The van der Waals surface area contributed by atoms with Gasteiger partial charge < -0.3 is 10.4 Å². The molecule has 3 heteroatoms. The van der Waals surface area contributed by atoms with E-state index in [4.69, 9.17) is 0 Å². The predicted molar refractivity (Wildman–Crippen MR) is 105 cm³/mol. The number of aliphatic hydroxyl groups is 1. The first kappa shape index (κ1) is 16.3. The van der Waals surface area contributed by atoms with E-state index in [1.807, 2.05) is 84.9 Å². The van der Waals surface area contributed by atoms with E-state index in [-0.39, 0.29) is 12.5 Å². The van der Waals surface area contributed by atoms with Gasteiger partial charge in [0, 0.05) is 12.1 Å². The fraction of sp³-hybridized carbons (Fsp3) is 0.0870. The van der Waals surface area contributed by atoms with Gasteiger partial charge >= 0.3 is 0 Å². The Bertz CT molecular complexity index is 1080. The van der Waals surface area contributed by atoms with Gasteiger partial charge in [0.15, 0.2) is 0 Å². The highest BCUT2D eigenvalue weighted by atomic mass is 16.3.